The van der Waals surface area contributed by atoms with E-state index in [0.29, 0.717) is 24.4 Å². The summed E-state index contributed by atoms with van der Waals surface area (Å²) in [7, 11) is 1.65. The molecule has 1 N–H and O–H groups in total. The van der Waals surface area contributed by atoms with Crippen molar-refractivity contribution in [1.29, 1.82) is 0 Å². The van der Waals surface area contributed by atoms with Crippen molar-refractivity contribution >= 4 is 5.91 Å². The summed E-state index contributed by atoms with van der Waals surface area (Å²) in [5.41, 5.74) is 0.974. The minimum atomic E-state index is 0.221. The summed E-state index contributed by atoms with van der Waals surface area (Å²) >= 11 is 0. The van der Waals surface area contributed by atoms with Crippen LogP contribution in [0.4, 0.5) is 0 Å². The van der Waals surface area contributed by atoms with Gasteiger partial charge in [0.2, 0.25) is 5.91 Å². The van der Waals surface area contributed by atoms with Gasteiger partial charge in [0.05, 0.1) is 13.5 Å². The number of hydrogen-bond acceptors (Lipinski definition) is 3. The molecule has 3 rings (SSSR count). The van der Waals surface area contributed by atoms with Gasteiger partial charge in [-0.05, 0) is 25.3 Å². The Morgan fingerprint density at radius 2 is 2.20 bits per heavy atom. The predicted molar refractivity (Wildman–Crippen MR) is 77.8 cm³/mol. The van der Waals surface area contributed by atoms with E-state index in [1.807, 2.05) is 24.3 Å². The zero-order valence-corrected chi connectivity index (χ0v) is 12.1. The Bertz CT molecular complexity index is 503. The van der Waals surface area contributed by atoms with Crippen molar-refractivity contribution in [3.05, 3.63) is 29.8 Å². The lowest BCUT2D eigenvalue weighted by Gasteiger charge is -2.28. The molecule has 2 aliphatic rings. The molecule has 0 bridgehead atoms. The Morgan fingerprint density at radius 3 is 3.00 bits per heavy atom. The average molecular weight is 274 g/mol. The topological polar surface area (TPSA) is 41.6 Å². The zero-order chi connectivity index (χ0) is 14.1. The minimum Gasteiger partial charge on any atom is -0.496 e. The van der Waals surface area contributed by atoms with E-state index in [9.17, 15) is 4.79 Å². The number of hydrogen-bond donors (Lipinski definition) is 1. The van der Waals surface area contributed by atoms with Crippen LogP contribution in [0.2, 0.25) is 0 Å². The molecule has 2 saturated heterocycles. The number of likely N-dealkylation sites (tertiary alicyclic amines) is 1. The van der Waals surface area contributed by atoms with Gasteiger partial charge in [0.25, 0.3) is 0 Å². The molecule has 108 valence electrons. The van der Waals surface area contributed by atoms with Crippen LogP contribution in [0.5, 0.6) is 5.75 Å². The van der Waals surface area contributed by atoms with Crippen LogP contribution >= 0.6 is 0 Å². The second-order valence-electron chi connectivity index (χ2n) is 5.86. The van der Waals surface area contributed by atoms with E-state index < -0.39 is 0 Å². The largest absolute Gasteiger partial charge is 0.496 e. The molecule has 0 saturated carbocycles. The first-order chi connectivity index (χ1) is 9.70. The fourth-order valence-corrected chi connectivity index (χ4v) is 3.70. The van der Waals surface area contributed by atoms with Crippen LogP contribution in [0.25, 0.3) is 0 Å². The van der Waals surface area contributed by atoms with E-state index in [4.69, 9.17) is 4.74 Å². The van der Waals surface area contributed by atoms with E-state index in [1.165, 1.54) is 0 Å². The van der Waals surface area contributed by atoms with Crippen LogP contribution in [-0.2, 0) is 11.2 Å². The maximum absolute atomic E-state index is 12.7. The molecular weight excluding hydrogens is 252 g/mol. The van der Waals surface area contributed by atoms with Gasteiger partial charge in [-0.3, -0.25) is 4.79 Å². The second-order valence-corrected chi connectivity index (χ2v) is 5.86. The molecule has 2 aliphatic heterocycles. The van der Waals surface area contributed by atoms with Crippen molar-refractivity contribution in [2.45, 2.75) is 31.8 Å². The highest BCUT2D eigenvalue weighted by molar-refractivity contribution is 5.80. The number of carbonyl (C=O) groups is 1. The van der Waals surface area contributed by atoms with E-state index >= 15 is 0 Å². The van der Waals surface area contributed by atoms with Crippen molar-refractivity contribution in [2.24, 2.45) is 5.92 Å². The van der Waals surface area contributed by atoms with E-state index in [2.05, 4.69) is 17.1 Å². The number of nitrogens with one attached hydrogen (secondary N) is 1. The van der Waals surface area contributed by atoms with Crippen LogP contribution in [-0.4, -0.2) is 43.1 Å². The van der Waals surface area contributed by atoms with Crippen LogP contribution < -0.4 is 10.1 Å². The zero-order valence-electron chi connectivity index (χ0n) is 12.1. The third kappa shape index (κ3) is 2.29. The van der Waals surface area contributed by atoms with Gasteiger partial charge in [-0.1, -0.05) is 18.2 Å². The van der Waals surface area contributed by atoms with E-state index in [0.717, 1.165) is 30.8 Å². The van der Waals surface area contributed by atoms with Crippen LogP contribution in [0.1, 0.15) is 18.9 Å². The second kappa shape index (κ2) is 5.44. The SMILES string of the molecule is COc1ccccc1CC(=O)N1C(C)CC2CNCC21. The quantitative estimate of drug-likeness (QED) is 0.907. The smallest absolute Gasteiger partial charge is 0.227 e. The Morgan fingerprint density at radius 1 is 1.40 bits per heavy atom. The molecule has 1 aromatic rings. The monoisotopic (exact) mass is 274 g/mol. The van der Waals surface area contributed by atoms with Gasteiger partial charge in [0.1, 0.15) is 5.75 Å². The first-order valence-corrected chi connectivity index (χ1v) is 7.34. The Labute approximate surface area is 120 Å². The molecule has 0 aliphatic carbocycles. The first-order valence-electron chi connectivity index (χ1n) is 7.34. The number of carbonyl (C=O) groups excluding carboxylic acids is 1. The van der Waals surface area contributed by atoms with Gasteiger partial charge in [-0.25, -0.2) is 0 Å². The highest BCUT2D eigenvalue weighted by Crippen LogP contribution is 2.33. The fourth-order valence-electron chi connectivity index (χ4n) is 3.70. The number of ether oxygens (including phenoxy) is 1. The lowest BCUT2D eigenvalue weighted by atomic mass is 10.0. The third-order valence-corrected chi connectivity index (χ3v) is 4.60. The van der Waals surface area contributed by atoms with Crippen LogP contribution in [0, 0.1) is 5.92 Å². The average Bonchev–Trinajstić information content (AvgIpc) is 2.98. The fraction of sp³-hybridized carbons (Fsp3) is 0.562. The highest BCUT2D eigenvalue weighted by Gasteiger charge is 2.43. The molecular formula is C16H22N2O2. The lowest BCUT2D eigenvalue weighted by Crippen LogP contribution is -2.43. The molecule has 20 heavy (non-hydrogen) atoms. The number of fused-ring (bicyclic) bond motifs is 1. The van der Waals surface area contributed by atoms with Crippen molar-refractivity contribution in [3.8, 4) is 5.75 Å². The number of benzene rings is 1. The summed E-state index contributed by atoms with van der Waals surface area (Å²) in [6, 6.07) is 8.51. The van der Waals surface area contributed by atoms with Crippen molar-refractivity contribution < 1.29 is 9.53 Å². The molecule has 0 radical (unpaired) electrons. The van der Waals surface area contributed by atoms with Crippen molar-refractivity contribution in [2.75, 3.05) is 20.2 Å². The number of amides is 1. The molecule has 1 amide bonds. The summed E-state index contributed by atoms with van der Waals surface area (Å²) in [5, 5.41) is 3.40. The Balaban J connectivity index is 1.76. The van der Waals surface area contributed by atoms with Crippen LogP contribution in [0.15, 0.2) is 24.3 Å². The highest BCUT2D eigenvalue weighted by atomic mass is 16.5. The number of rotatable bonds is 3. The summed E-state index contributed by atoms with van der Waals surface area (Å²) in [6.45, 7) is 4.15. The third-order valence-electron chi connectivity index (χ3n) is 4.60. The van der Waals surface area contributed by atoms with Gasteiger partial charge in [0.15, 0.2) is 0 Å². The molecule has 0 spiro atoms. The number of methoxy groups -OCH3 is 1. The summed E-state index contributed by atoms with van der Waals surface area (Å²) in [6.07, 6.45) is 1.55. The van der Waals surface area contributed by atoms with Gasteiger partial charge in [-0.15, -0.1) is 0 Å². The molecule has 3 unspecified atom stereocenters. The number of nitrogens with zero attached hydrogens (tertiary/aromatic N) is 1. The molecule has 4 nitrogen and oxygen atoms in total. The van der Waals surface area contributed by atoms with E-state index in [-0.39, 0.29) is 5.91 Å². The minimum absolute atomic E-state index is 0.221. The van der Waals surface area contributed by atoms with Crippen molar-refractivity contribution in [1.82, 2.24) is 10.2 Å². The Hall–Kier alpha value is -1.55. The number of para-hydroxylation sites is 1. The summed E-state index contributed by atoms with van der Waals surface area (Å²) in [5.74, 6) is 1.65. The van der Waals surface area contributed by atoms with Crippen LogP contribution in [0.3, 0.4) is 0 Å². The first kappa shape index (κ1) is 13.4. The van der Waals surface area contributed by atoms with E-state index in [1.54, 1.807) is 7.11 Å². The summed E-state index contributed by atoms with van der Waals surface area (Å²) < 4.78 is 5.34. The molecule has 0 aromatic heterocycles. The standard InChI is InChI=1S/C16H22N2O2/c1-11-7-13-9-17-10-14(13)18(11)16(19)8-12-5-3-4-6-15(12)20-2/h3-6,11,13-14,17H,7-10H2,1-2H3. The normalized spacial score (nSPS) is 28.5. The maximum Gasteiger partial charge on any atom is 0.227 e. The molecule has 2 fully saturated rings. The molecule has 2 heterocycles. The van der Waals surface area contributed by atoms with Gasteiger partial charge >= 0.3 is 0 Å². The van der Waals surface area contributed by atoms with Gasteiger partial charge < -0.3 is 15.0 Å². The Kier molecular flexibility index (Phi) is 3.66. The van der Waals surface area contributed by atoms with Gasteiger partial charge in [0, 0.05) is 30.7 Å². The van der Waals surface area contributed by atoms with Crippen molar-refractivity contribution in [3.63, 3.8) is 0 Å². The maximum atomic E-state index is 12.7. The molecule has 1 aromatic carbocycles. The molecule has 4 heteroatoms. The predicted octanol–water partition coefficient (Wildman–Crippen LogP) is 1.45. The summed E-state index contributed by atoms with van der Waals surface area (Å²) in [4.78, 5) is 14.8. The lowest BCUT2D eigenvalue weighted by molar-refractivity contribution is -0.133. The molecule has 3 atom stereocenters. The van der Waals surface area contributed by atoms with Gasteiger partial charge in [-0.2, -0.15) is 0 Å².